The molecule has 0 heterocycles. The maximum Gasteiger partial charge on any atom is 0.0701 e. The zero-order valence-corrected chi connectivity index (χ0v) is 11.8. The lowest BCUT2D eigenvalue weighted by molar-refractivity contribution is 0.000786. The third-order valence-electron chi connectivity index (χ3n) is 1.60. The molecule has 5 nitrogen and oxygen atoms in total. The lowest BCUT2D eigenvalue weighted by atomic mass is 10.7. The van der Waals surface area contributed by atoms with Crippen LogP contribution in [0.5, 0.6) is 0 Å². The fourth-order valence-electron chi connectivity index (χ4n) is 0.900. The van der Waals surface area contributed by atoms with E-state index < -0.39 is 0 Å². The maximum absolute atomic E-state index is 5.29. The highest BCUT2D eigenvalue weighted by atomic mass is 127. The van der Waals surface area contributed by atoms with E-state index in [1.54, 1.807) is 0 Å². The van der Waals surface area contributed by atoms with Crippen molar-refractivity contribution in [1.29, 1.82) is 0 Å². The Hall–Kier alpha value is 0.530. The number of hydrogen-bond donors (Lipinski definition) is 1. The van der Waals surface area contributed by atoms with E-state index in [4.69, 9.17) is 24.7 Å². The maximum atomic E-state index is 5.29. The van der Waals surface area contributed by atoms with Crippen molar-refractivity contribution in [2.75, 3.05) is 63.8 Å². The first-order chi connectivity index (χ1) is 7.91. The predicted octanol–water partition coefficient (Wildman–Crippen LogP) is 0.446. The van der Waals surface area contributed by atoms with Crippen molar-refractivity contribution in [3.8, 4) is 0 Å². The highest BCUT2D eigenvalue weighted by Gasteiger charge is 1.91. The Morgan fingerprint density at radius 3 is 1.38 bits per heavy atom. The van der Waals surface area contributed by atoms with E-state index in [-0.39, 0.29) is 0 Å². The highest BCUT2D eigenvalue weighted by Crippen LogP contribution is 1.84. The summed E-state index contributed by atoms with van der Waals surface area (Å²) in [6, 6.07) is 0. The van der Waals surface area contributed by atoms with Crippen LogP contribution >= 0.6 is 22.6 Å². The molecule has 0 rings (SSSR count). The van der Waals surface area contributed by atoms with Crippen LogP contribution in [0, 0.1) is 0 Å². The summed E-state index contributed by atoms with van der Waals surface area (Å²) < 4.78 is 22.0. The highest BCUT2D eigenvalue weighted by molar-refractivity contribution is 14.1. The van der Waals surface area contributed by atoms with E-state index in [2.05, 4.69) is 22.6 Å². The second kappa shape index (κ2) is 15.5. The molecule has 0 saturated carbocycles. The van der Waals surface area contributed by atoms with E-state index >= 15 is 0 Å². The predicted molar refractivity (Wildman–Crippen MR) is 71.2 cm³/mol. The molecule has 0 saturated heterocycles. The molecule has 0 aromatic rings. The summed E-state index contributed by atoms with van der Waals surface area (Å²) in [4.78, 5) is 0. The molecule has 0 aliphatic carbocycles. The van der Waals surface area contributed by atoms with Crippen LogP contribution in [0.15, 0.2) is 0 Å². The molecule has 16 heavy (non-hydrogen) atoms. The molecule has 0 aromatic heterocycles. The van der Waals surface area contributed by atoms with Crippen molar-refractivity contribution in [1.82, 2.24) is 0 Å². The SMILES string of the molecule is NCCOCCOCCOCCOCCI. The van der Waals surface area contributed by atoms with Crippen molar-refractivity contribution in [3.05, 3.63) is 0 Å². The standard InChI is InChI=1S/C10H22INO4/c11-1-3-13-5-7-15-9-10-16-8-6-14-4-2-12/h1-10,12H2. The zero-order valence-electron chi connectivity index (χ0n) is 9.66. The third-order valence-corrected chi connectivity index (χ3v) is 2.04. The molecule has 2 N–H and O–H groups in total. The molecule has 6 heteroatoms. The van der Waals surface area contributed by atoms with Crippen LogP contribution < -0.4 is 5.73 Å². The largest absolute Gasteiger partial charge is 0.378 e. The molecule has 0 aliphatic rings. The Labute approximate surface area is 111 Å². The smallest absolute Gasteiger partial charge is 0.0701 e. The summed E-state index contributed by atoms with van der Waals surface area (Å²) in [5.41, 5.74) is 5.26. The Balaban J connectivity index is 2.83. The van der Waals surface area contributed by atoms with E-state index in [1.165, 1.54) is 0 Å². The lowest BCUT2D eigenvalue weighted by Crippen LogP contribution is -2.14. The fourth-order valence-corrected chi connectivity index (χ4v) is 1.21. The average molecular weight is 347 g/mol. The van der Waals surface area contributed by atoms with Crippen LogP contribution in [0.2, 0.25) is 0 Å². The summed E-state index contributed by atoms with van der Waals surface area (Å²) in [5.74, 6) is 0. The molecule has 0 fully saturated rings. The molecular weight excluding hydrogens is 325 g/mol. The van der Waals surface area contributed by atoms with E-state index in [0.717, 1.165) is 11.0 Å². The second-order valence-electron chi connectivity index (χ2n) is 2.93. The molecule has 0 radical (unpaired) electrons. The number of alkyl halides is 1. The first-order valence-corrected chi connectivity index (χ1v) is 7.01. The van der Waals surface area contributed by atoms with Crippen molar-refractivity contribution in [2.45, 2.75) is 0 Å². The van der Waals surface area contributed by atoms with Gasteiger partial charge in [-0.25, -0.2) is 0 Å². The minimum atomic E-state index is 0.556. The van der Waals surface area contributed by atoms with Gasteiger partial charge in [0, 0.05) is 11.0 Å². The molecule has 0 spiro atoms. The van der Waals surface area contributed by atoms with Crippen LogP contribution in [0.3, 0.4) is 0 Å². The summed E-state index contributed by atoms with van der Waals surface area (Å²) in [7, 11) is 0. The quantitative estimate of drug-likeness (QED) is 0.298. The monoisotopic (exact) mass is 347 g/mol. The fraction of sp³-hybridized carbons (Fsp3) is 1.00. The number of nitrogens with two attached hydrogens (primary N) is 1. The molecule has 0 amide bonds. The average Bonchev–Trinajstić information content (AvgIpc) is 2.31. The molecular formula is C10H22INO4. The summed E-state index contributed by atoms with van der Waals surface area (Å²) >= 11 is 2.27. The van der Waals surface area contributed by atoms with Gasteiger partial charge in [-0.05, 0) is 0 Å². The topological polar surface area (TPSA) is 62.9 Å². The first-order valence-electron chi connectivity index (χ1n) is 5.48. The van der Waals surface area contributed by atoms with E-state index in [1.807, 2.05) is 0 Å². The van der Waals surface area contributed by atoms with Gasteiger partial charge >= 0.3 is 0 Å². The van der Waals surface area contributed by atoms with Gasteiger partial charge in [-0.15, -0.1) is 0 Å². The van der Waals surface area contributed by atoms with Gasteiger partial charge in [0.15, 0.2) is 0 Å². The summed E-state index contributed by atoms with van der Waals surface area (Å²) in [6.45, 7) is 5.60. The van der Waals surface area contributed by atoms with Gasteiger partial charge in [-0.1, -0.05) is 22.6 Å². The Morgan fingerprint density at radius 1 is 0.625 bits per heavy atom. The molecule has 0 unspecified atom stereocenters. The van der Waals surface area contributed by atoms with Crippen molar-refractivity contribution >= 4 is 22.6 Å². The van der Waals surface area contributed by atoms with Gasteiger partial charge in [0.1, 0.15) is 0 Å². The van der Waals surface area contributed by atoms with Gasteiger partial charge in [0.2, 0.25) is 0 Å². The van der Waals surface area contributed by atoms with Crippen LogP contribution in [0.25, 0.3) is 0 Å². The van der Waals surface area contributed by atoms with Crippen molar-refractivity contribution < 1.29 is 18.9 Å². The second-order valence-corrected chi connectivity index (χ2v) is 4.01. The van der Waals surface area contributed by atoms with Gasteiger partial charge in [-0.3, -0.25) is 0 Å². The zero-order chi connectivity index (χ0) is 11.9. The number of rotatable bonds is 13. The number of halogens is 1. The summed E-state index contributed by atoms with van der Waals surface area (Å²) in [6.07, 6.45) is 0. The van der Waals surface area contributed by atoms with Crippen LogP contribution in [0.4, 0.5) is 0 Å². The van der Waals surface area contributed by atoms with Gasteiger partial charge in [-0.2, -0.15) is 0 Å². The minimum Gasteiger partial charge on any atom is -0.378 e. The van der Waals surface area contributed by atoms with Crippen molar-refractivity contribution in [3.63, 3.8) is 0 Å². The van der Waals surface area contributed by atoms with E-state index in [0.29, 0.717) is 52.8 Å². The Bertz CT molecular complexity index is 115. The summed E-state index contributed by atoms with van der Waals surface area (Å²) in [5, 5.41) is 0. The molecule has 0 aliphatic heterocycles. The molecule has 0 atom stereocenters. The van der Waals surface area contributed by atoms with Crippen LogP contribution in [0.1, 0.15) is 0 Å². The Morgan fingerprint density at radius 2 is 1.00 bits per heavy atom. The Kier molecular flexibility index (Phi) is 16.0. The normalized spacial score (nSPS) is 10.9. The van der Waals surface area contributed by atoms with Crippen molar-refractivity contribution in [2.24, 2.45) is 5.73 Å². The van der Waals surface area contributed by atoms with Gasteiger partial charge in [0.05, 0.1) is 52.9 Å². The van der Waals surface area contributed by atoms with Crippen LogP contribution in [-0.4, -0.2) is 63.8 Å². The minimum absolute atomic E-state index is 0.556. The van der Waals surface area contributed by atoms with E-state index in [9.17, 15) is 0 Å². The van der Waals surface area contributed by atoms with Gasteiger partial charge < -0.3 is 24.7 Å². The number of hydrogen-bond acceptors (Lipinski definition) is 5. The third kappa shape index (κ3) is 14.5. The number of ether oxygens (including phenoxy) is 4. The first kappa shape index (κ1) is 16.5. The molecule has 98 valence electrons. The van der Waals surface area contributed by atoms with Gasteiger partial charge in [0.25, 0.3) is 0 Å². The lowest BCUT2D eigenvalue weighted by Gasteiger charge is -2.06. The molecule has 0 aromatic carbocycles. The molecule has 0 bridgehead atoms. The van der Waals surface area contributed by atoms with Crippen LogP contribution in [-0.2, 0) is 18.9 Å².